The number of halogens is 1. The number of hydrogen-bond donors (Lipinski definition) is 2. The molecule has 186 valence electrons. The maximum atomic E-state index is 13.5. The van der Waals surface area contributed by atoms with Gasteiger partial charge in [-0.3, -0.25) is 24.4 Å². The largest absolute Gasteiger partial charge is 0.467 e. The zero-order valence-corrected chi connectivity index (χ0v) is 18.9. The number of aromatic nitrogens is 4. The Morgan fingerprint density at radius 2 is 2.03 bits per heavy atom. The molecule has 2 N–H and O–H groups in total. The topological polar surface area (TPSA) is 159 Å². The van der Waals surface area contributed by atoms with E-state index in [0.717, 1.165) is 18.2 Å². The molecule has 0 aliphatic rings. The molecule has 0 fully saturated rings. The summed E-state index contributed by atoms with van der Waals surface area (Å²) in [6.45, 7) is 2.12. The van der Waals surface area contributed by atoms with Crippen LogP contribution in [0.5, 0.6) is 5.75 Å². The van der Waals surface area contributed by atoms with Gasteiger partial charge in [-0.2, -0.15) is 10.2 Å². The zero-order valence-electron chi connectivity index (χ0n) is 18.9. The number of nitrogens with one attached hydrogen (secondary N) is 2. The van der Waals surface area contributed by atoms with Gasteiger partial charge in [0, 0.05) is 31.1 Å². The van der Waals surface area contributed by atoms with E-state index in [1.54, 1.807) is 12.1 Å². The number of anilines is 1. The van der Waals surface area contributed by atoms with Crippen LogP contribution < -0.4 is 15.4 Å². The summed E-state index contributed by atoms with van der Waals surface area (Å²) in [6, 6.07) is 7.63. The van der Waals surface area contributed by atoms with Crippen LogP contribution in [0.3, 0.4) is 0 Å². The molecule has 0 bridgehead atoms. The van der Waals surface area contributed by atoms with Crippen LogP contribution in [0.4, 0.5) is 15.8 Å². The Bertz CT molecular complexity index is 1400. The van der Waals surface area contributed by atoms with Crippen molar-refractivity contribution in [2.75, 3.05) is 5.32 Å². The number of aryl methyl sites for hydroxylation is 1. The summed E-state index contributed by atoms with van der Waals surface area (Å²) >= 11 is 0. The Hall–Kier alpha value is -5.01. The molecule has 0 unspecified atom stereocenters. The number of nitro benzene ring substituents is 1. The molecule has 0 atom stereocenters. The van der Waals surface area contributed by atoms with Crippen molar-refractivity contribution in [3.8, 4) is 5.75 Å². The van der Waals surface area contributed by atoms with Crippen LogP contribution in [-0.4, -0.2) is 36.3 Å². The lowest BCUT2D eigenvalue weighted by atomic mass is 10.3. The number of amides is 2. The van der Waals surface area contributed by atoms with Crippen molar-refractivity contribution in [2.45, 2.75) is 26.7 Å². The number of ether oxygens (including phenoxy) is 1. The predicted molar refractivity (Wildman–Crippen MR) is 122 cm³/mol. The summed E-state index contributed by atoms with van der Waals surface area (Å²) in [4.78, 5) is 35.8. The third kappa shape index (κ3) is 5.55. The molecule has 0 spiro atoms. The van der Waals surface area contributed by atoms with Gasteiger partial charge in [-0.1, -0.05) is 0 Å². The maximum Gasteiger partial charge on any atom is 0.311 e. The molecule has 36 heavy (non-hydrogen) atoms. The van der Waals surface area contributed by atoms with Gasteiger partial charge < -0.3 is 19.8 Å². The van der Waals surface area contributed by atoms with Crippen LogP contribution in [0, 0.1) is 15.9 Å². The second kappa shape index (κ2) is 10.5. The first kappa shape index (κ1) is 24.1. The third-order valence-corrected chi connectivity index (χ3v) is 4.90. The van der Waals surface area contributed by atoms with E-state index in [1.807, 2.05) is 6.92 Å². The molecule has 1 aromatic carbocycles. The van der Waals surface area contributed by atoms with E-state index >= 15 is 0 Å². The highest BCUT2D eigenvalue weighted by Crippen LogP contribution is 2.27. The molecule has 3 aromatic heterocycles. The molecule has 0 saturated carbocycles. The van der Waals surface area contributed by atoms with Gasteiger partial charge in [0.05, 0.1) is 23.4 Å². The van der Waals surface area contributed by atoms with Crippen LogP contribution in [0.1, 0.15) is 33.7 Å². The Morgan fingerprint density at radius 3 is 2.75 bits per heavy atom. The summed E-state index contributed by atoms with van der Waals surface area (Å²) in [6.07, 6.45) is 4.41. The Kier molecular flexibility index (Phi) is 7.04. The fourth-order valence-electron chi connectivity index (χ4n) is 3.14. The summed E-state index contributed by atoms with van der Waals surface area (Å²) in [5.74, 6) is -1.56. The van der Waals surface area contributed by atoms with Crippen molar-refractivity contribution in [2.24, 2.45) is 0 Å². The Morgan fingerprint density at radius 1 is 1.19 bits per heavy atom. The van der Waals surface area contributed by atoms with Gasteiger partial charge >= 0.3 is 5.69 Å². The van der Waals surface area contributed by atoms with E-state index in [9.17, 15) is 24.1 Å². The number of carbonyl (C=O) groups excluding carboxylic acids is 2. The minimum Gasteiger partial charge on any atom is -0.467 e. The highest BCUT2D eigenvalue weighted by molar-refractivity contribution is 6.07. The number of nitrogens with zero attached hydrogens (tertiary/aromatic N) is 5. The normalized spacial score (nSPS) is 10.7. The predicted octanol–water partition coefficient (Wildman–Crippen LogP) is 2.96. The molecule has 4 rings (SSSR count). The van der Waals surface area contributed by atoms with Crippen molar-refractivity contribution in [3.05, 3.63) is 88.1 Å². The number of hydrogen-bond acceptors (Lipinski definition) is 8. The SMILES string of the molecule is CCn1cc(NC(=O)c2ccn(COc3cc(F)ccc3[N+](=O)[O-])n2)c(C(=O)NCc2ccco2)n1. The van der Waals surface area contributed by atoms with Crippen molar-refractivity contribution < 1.29 is 28.1 Å². The Balaban J connectivity index is 1.42. The zero-order chi connectivity index (χ0) is 25.7. The molecule has 2 amide bonds. The molecule has 0 aliphatic heterocycles. The molecule has 0 saturated heterocycles. The second-order valence-corrected chi connectivity index (χ2v) is 7.35. The van der Waals surface area contributed by atoms with E-state index in [2.05, 4.69) is 20.8 Å². The van der Waals surface area contributed by atoms with E-state index in [-0.39, 0.29) is 36.1 Å². The molecule has 0 aliphatic carbocycles. The first-order valence-corrected chi connectivity index (χ1v) is 10.6. The quantitative estimate of drug-likeness (QED) is 0.250. The fourth-order valence-corrected chi connectivity index (χ4v) is 3.14. The van der Waals surface area contributed by atoms with Gasteiger partial charge in [-0.25, -0.2) is 9.07 Å². The average Bonchev–Trinajstić information content (AvgIpc) is 3.62. The minimum absolute atomic E-state index is 0.0120. The summed E-state index contributed by atoms with van der Waals surface area (Å²) in [5.41, 5.74) is -0.233. The highest BCUT2D eigenvalue weighted by Gasteiger charge is 2.21. The third-order valence-electron chi connectivity index (χ3n) is 4.90. The number of furan rings is 1. The van der Waals surface area contributed by atoms with Crippen molar-refractivity contribution in [1.29, 1.82) is 0 Å². The van der Waals surface area contributed by atoms with Gasteiger partial charge in [-0.15, -0.1) is 0 Å². The molecule has 3 heterocycles. The Labute approximate surface area is 202 Å². The van der Waals surface area contributed by atoms with Crippen LogP contribution >= 0.6 is 0 Å². The lowest BCUT2D eigenvalue weighted by molar-refractivity contribution is -0.386. The van der Waals surface area contributed by atoms with Crippen LogP contribution in [-0.2, 0) is 19.8 Å². The number of carbonyl (C=O) groups is 2. The van der Waals surface area contributed by atoms with Gasteiger partial charge in [0.25, 0.3) is 11.8 Å². The van der Waals surface area contributed by atoms with Crippen LogP contribution in [0.25, 0.3) is 0 Å². The monoisotopic (exact) mass is 497 g/mol. The fraction of sp³-hybridized carbons (Fsp3) is 0.182. The first-order chi connectivity index (χ1) is 17.3. The van der Waals surface area contributed by atoms with Crippen LogP contribution in [0.15, 0.2) is 59.5 Å². The van der Waals surface area contributed by atoms with Gasteiger partial charge in [0.15, 0.2) is 18.1 Å². The highest BCUT2D eigenvalue weighted by atomic mass is 19.1. The lowest BCUT2D eigenvalue weighted by Gasteiger charge is -2.07. The molecular formula is C22H20FN7O6. The molecular weight excluding hydrogens is 477 g/mol. The standard InChI is InChI=1S/C22H20FN7O6/c1-2-28-12-17(20(27-28)22(32)24-11-15-4-3-9-35-15)25-21(31)16-7-8-29(26-16)13-36-19-10-14(23)5-6-18(19)30(33)34/h3-10,12H,2,11,13H2,1H3,(H,24,32)(H,25,31). The van der Waals surface area contributed by atoms with Crippen LogP contribution in [0.2, 0.25) is 0 Å². The lowest BCUT2D eigenvalue weighted by Crippen LogP contribution is -2.25. The minimum atomic E-state index is -0.701. The van der Waals surface area contributed by atoms with Gasteiger partial charge in [0.1, 0.15) is 11.6 Å². The first-order valence-electron chi connectivity index (χ1n) is 10.6. The van der Waals surface area contributed by atoms with E-state index < -0.39 is 28.2 Å². The second-order valence-electron chi connectivity index (χ2n) is 7.35. The van der Waals surface area contributed by atoms with E-state index in [4.69, 9.17) is 9.15 Å². The van der Waals surface area contributed by atoms with Gasteiger partial charge in [0.2, 0.25) is 5.75 Å². The smallest absolute Gasteiger partial charge is 0.311 e. The number of nitro groups is 1. The van der Waals surface area contributed by atoms with Gasteiger partial charge in [-0.05, 0) is 31.2 Å². The van der Waals surface area contributed by atoms with Crippen molar-refractivity contribution in [3.63, 3.8) is 0 Å². The van der Waals surface area contributed by atoms with E-state index in [0.29, 0.717) is 12.3 Å². The number of rotatable bonds is 10. The van der Waals surface area contributed by atoms with E-state index in [1.165, 1.54) is 34.1 Å². The number of benzene rings is 1. The molecule has 0 radical (unpaired) electrons. The summed E-state index contributed by atoms with van der Waals surface area (Å²) < 4.78 is 26.7. The van der Waals surface area contributed by atoms with Crippen molar-refractivity contribution >= 4 is 23.2 Å². The summed E-state index contributed by atoms with van der Waals surface area (Å²) in [5, 5.41) is 24.7. The molecule has 4 aromatic rings. The summed E-state index contributed by atoms with van der Waals surface area (Å²) in [7, 11) is 0. The molecule has 13 nitrogen and oxygen atoms in total. The average molecular weight is 497 g/mol. The van der Waals surface area contributed by atoms with Crippen molar-refractivity contribution in [1.82, 2.24) is 24.9 Å². The molecule has 14 heteroatoms. The maximum absolute atomic E-state index is 13.5.